The van der Waals surface area contributed by atoms with Crippen LogP contribution in [0.5, 0.6) is 0 Å². The SMILES string of the molecule is C=C=CCc1cnn(C)c1. The highest BCUT2D eigenvalue weighted by Crippen LogP contribution is 1.96. The molecule has 0 aliphatic rings. The molecule has 1 heterocycles. The second-order valence-corrected chi connectivity index (χ2v) is 2.13. The van der Waals surface area contributed by atoms with E-state index in [4.69, 9.17) is 0 Å². The van der Waals surface area contributed by atoms with E-state index in [0.29, 0.717) is 0 Å². The van der Waals surface area contributed by atoms with E-state index < -0.39 is 0 Å². The standard InChI is InChI=1S/C8H10N2/c1-3-4-5-8-6-9-10(2)7-8/h4,6-7H,1,5H2,2H3. The van der Waals surface area contributed by atoms with E-state index in [1.807, 2.05) is 25.5 Å². The first-order chi connectivity index (χ1) is 4.83. The second-order valence-electron chi connectivity index (χ2n) is 2.13. The van der Waals surface area contributed by atoms with Crippen LogP contribution in [0.15, 0.2) is 30.8 Å². The first-order valence-corrected chi connectivity index (χ1v) is 3.14. The van der Waals surface area contributed by atoms with Crippen molar-refractivity contribution in [2.75, 3.05) is 0 Å². The summed E-state index contributed by atoms with van der Waals surface area (Å²) in [4.78, 5) is 0. The summed E-state index contributed by atoms with van der Waals surface area (Å²) in [7, 11) is 1.90. The van der Waals surface area contributed by atoms with Gasteiger partial charge in [0.15, 0.2) is 0 Å². The fourth-order valence-corrected chi connectivity index (χ4v) is 0.767. The molecule has 0 saturated heterocycles. The zero-order chi connectivity index (χ0) is 7.40. The number of aryl methyl sites for hydroxylation is 1. The highest BCUT2D eigenvalue weighted by atomic mass is 15.2. The zero-order valence-electron chi connectivity index (χ0n) is 6.04. The van der Waals surface area contributed by atoms with Gasteiger partial charge in [-0.15, -0.1) is 5.73 Å². The maximum Gasteiger partial charge on any atom is 0.0525 e. The molecule has 0 bridgehead atoms. The van der Waals surface area contributed by atoms with Crippen molar-refractivity contribution in [3.05, 3.63) is 36.3 Å². The van der Waals surface area contributed by atoms with Crippen LogP contribution in [0, 0.1) is 0 Å². The molecule has 0 aromatic carbocycles. The van der Waals surface area contributed by atoms with E-state index in [0.717, 1.165) is 6.42 Å². The highest BCUT2D eigenvalue weighted by Gasteiger charge is 1.90. The molecule has 0 aliphatic heterocycles. The van der Waals surface area contributed by atoms with Gasteiger partial charge in [-0.05, 0) is 11.6 Å². The van der Waals surface area contributed by atoms with Crippen molar-refractivity contribution in [3.8, 4) is 0 Å². The predicted molar refractivity (Wildman–Crippen MR) is 40.6 cm³/mol. The van der Waals surface area contributed by atoms with E-state index in [9.17, 15) is 0 Å². The van der Waals surface area contributed by atoms with Crippen molar-refractivity contribution in [1.82, 2.24) is 9.78 Å². The van der Waals surface area contributed by atoms with Crippen LogP contribution in [0.25, 0.3) is 0 Å². The quantitative estimate of drug-likeness (QED) is 0.557. The molecule has 0 fully saturated rings. The molecule has 1 rings (SSSR count). The molecule has 2 nitrogen and oxygen atoms in total. The zero-order valence-corrected chi connectivity index (χ0v) is 6.04. The van der Waals surface area contributed by atoms with Crippen LogP contribution in [-0.2, 0) is 13.5 Å². The fraction of sp³-hybridized carbons (Fsp3) is 0.250. The van der Waals surface area contributed by atoms with Crippen LogP contribution in [-0.4, -0.2) is 9.78 Å². The fourth-order valence-electron chi connectivity index (χ4n) is 0.767. The number of rotatable bonds is 2. The Bertz CT molecular complexity index is 254. The average Bonchev–Trinajstić information content (AvgIpc) is 2.31. The van der Waals surface area contributed by atoms with Gasteiger partial charge in [0.2, 0.25) is 0 Å². The first kappa shape index (κ1) is 6.84. The maximum atomic E-state index is 4.02. The Morgan fingerprint density at radius 2 is 2.70 bits per heavy atom. The number of hydrogen-bond acceptors (Lipinski definition) is 1. The average molecular weight is 134 g/mol. The molecule has 1 aromatic heterocycles. The molecular formula is C8H10N2. The summed E-state index contributed by atoms with van der Waals surface area (Å²) < 4.78 is 1.78. The third-order valence-electron chi connectivity index (χ3n) is 1.24. The van der Waals surface area contributed by atoms with Crippen molar-refractivity contribution in [2.45, 2.75) is 6.42 Å². The smallest absolute Gasteiger partial charge is 0.0525 e. The summed E-state index contributed by atoms with van der Waals surface area (Å²) in [5.74, 6) is 0. The minimum absolute atomic E-state index is 0.872. The molecule has 0 spiro atoms. The summed E-state index contributed by atoms with van der Waals surface area (Å²) in [6.45, 7) is 3.47. The molecule has 0 aliphatic carbocycles. The number of aromatic nitrogens is 2. The molecule has 0 N–H and O–H groups in total. The largest absolute Gasteiger partial charge is 0.276 e. The topological polar surface area (TPSA) is 17.8 Å². The van der Waals surface area contributed by atoms with Crippen molar-refractivity contribution in [1.29, 1.82) is 0 Å². The van der Waals surface area contributed by atoms with Crippen molar-refractivity contribution in [3.63, 3.8) is 0 Å². The lowest BCUT2D eigenvalue weighted by Crippen LogP contribution is -1.84. The number of nitrogens with zero attached hydrogens (tertiary/aromatic N) is 2. The Labute approximate surface area is 60.5 Å². The lowest BCUT2D eigenvalue weighted by atomic mass is 10.2. The van der Waals surface area contributed by atoms with Gasteiger partial charge in [-0.3, -0.25) is 4.68 Å². The molecule has 52 valence electrons. The minimum atomic E-state index is 0.872. The summed E-state index contributed by atoms with van der Waals surface area (Å²) in [6, 6.07) is 0. The Balaban J connectivity index is 2.66. The maximum absolute atomic E-state index is 4.02. The van der Waals surface area contributed by atoms with E-state index in [-0.39, 0.29) is 0 Å². The Hall–Kier alpha value is -1.27. The molecular weight excluding hydrogens is 124 g/mol. The number of hydrogen-bond donors (Lipinski definition) is 0. The van der Waals surface area contributed by atoms with Gasteiger partial charge in [-0.25, -0.2) is 0 Å². The van der Waals surface area contributed by atoms with Gasteiger partial charge >= 0.3 is 0 Å². The first-order valence-electron chi connectivity index (χ1n) is 3.14. The summed E-state index contributed by atoms with van der Waals surface area (Å²) >= 11 is 0. The molecule has 0 saturated carbocycles. The van der Waals surface area contributed by atoms with Gasteiger partial charge in [-0.2, -0.15) is 5.10 Å². The van der Waals surface area contributed by atoms with Gasteiger partial charge in [0.25, 0.3) is 0 Å². The third-order valence-corrected chi connectivity index (χ3v) is 1.24. The molecule has 2 heteroatoms. The van der Waals surface area contributed by atoms with Crippen molar-refractivity contribution >= 4 is 0 Å². The molecule has 0 unspecified atom stereocenters. The van der Waals surface area contributed by atoms with Crippen LogP contribution in [0.1, 0.15) is 5.56 Å². The van der Waals surface area contributed by atoms with Gasteiger partial charge < -0.3 is 0 Å². The summed E-state index contributed by atoms with van der Waals surface area (Å²) in [5, 5.41) is 4.02. The van der Waals surface area contributed by atoms with E-state index in [1.165, 1.54) is 5.56 Å². The molecule has 0 amide bonds. The third kappa shape index (κ3) is 1.61. The van der Waals surface area contributed by atoms with Crippen molar-refractivity contribution < 1.29 is 0 Å². The van der Waals surface area contributed by atoms with Crippen molar-refractivity contribution in [2.24, 2.45) is 7.05 Å². The van der Waals surface area contributed by atoms with Crippen LogP contribution in [0.3, 0.4) is 0 Å². The summed E-state index contributed by atoms with van der Waals surface area (Å²) in [6.07, 6.45) is 6.58. The van der Waals surface area contributed by atoms with Gasteiger partial charge in [0.1, 0.15) is 0 Å². The highest BCUT2D eigenvalue weighted by molar-refractivity contribution is 5.08. The van der Waals surface area contributed by atoms with E-state index in [2.05, 4.69) is 17.4 Å². The Kier molecular flexibility index (Phi) is 2.08. The van der Waals surface area contributed by atoms with Gasteiger partial charge in [-0.1, -0.05) is 6.58 Å². The second kappa shape index (κ2) is 3.04. The van der Waals surface area contributed by atoms with Crippen LogP contribution < -0.4 is 0 Å². The predicted octanol–water partition coefficient (Wildman–Crippen LogP) is 1.30. The Morgan fingerprint density at radius 3 is 3.20 bits per heavy atom. The lowest BCUT2D eigenvalue weighted by molar-refractivity contribution is 0.767. The van der Waals surface area contributed by atoms with Crippen LogP contribution in [0.4, 0.5) is 0 Å². The summed E-state index contributed by atoms with van der Waals surface area (Å²) in [5.41, 5.74) is 3.91. The Morgan fingerprint density at radius 1 is 1.90 bits per heavy atom. The van der Waals surface area contributed by atoms with Gasteiger partial charge in [0.05, 0.1) is 6.20 Å². The number of allylic oxidation sites excluding steroid dienone is 1. The van der Waals surface area contributed by atoms with Gasteiger partial charge in [0, 0.05) is 19.7 Å². The van der Waals surface area contributed by atoms with Crippen LogP contribution in [0.2, 0.25) is 0 Å². The minimum Gasteiger partial charge on any atom is -0.276 e. The molecule has 0 atom stereocenters. The lowest BCUT2D eigenvalue weighted by Gasteiger charge is -1.83. The van der Waals surface area contributed by atoms with E-state index >= 15 is 0 Å². The molecule has 1 aromatic rings. The molecule has 10 heavy (non-hydrogen) atoms. The van der Waals surface area contributed by atoms with E-state index in [1.54, 1.807) is 4.68 Å². The monoisotopic (exact) mass is 134 g/mol. The molecule has 0 radical (unpaired) electrons. The normalized spacial score (nSPS) is 8.90. The van der Waals surface area contributed by atoms with Crippen LogP contribution >= 0.6 is 0 Å².